The predicted octanol–water partition coefficient (Wildman–Crippen LogP) is 2.82. The van der Waals surface area contributed by atoms with Crippen molar-refractivity contribution in [3.63, 3.8) is 0 Å². The molecule has 0 atom stereocenters. The van der Waals surface area contributed by atoms with Crippen molar-refractivity contribution in [2.24, 2.45) is 0 Å². The highest BCUT2D eigenvalue weighted by Crippen LogP contribution is 2.29. The van der Waals surface area contributed by atoms with Crippen molar-refractivity contribution in [1.82, 2.24) is 20.0 Å². The van der Waals surface area contributed by atoms with E-state index in [1.807, 2.05) is 0 Å². The average Bonchev–Trinajstić information content (AvgIpc) is 3.24. The molecule has 0 unspecified atom stereocenters. The molecule has 0 saturated heterocycles. The average molecular weight is 459 g/mol. The summed E-state index contributed by atoms with van der Waals surface area (Å²) in [6.45, 7) is 2.03. The molecule has 0 radical (unpaired) electrons. The van der Waals surface area contributed by atoms with Gasteiger partial charge in [-0.3, -0.25) is 9.32 Å². The maximum atomic E-state index is 13.5. The molecule has 2 aromatic heterocycles. The summed E-state index contributed by atoms with van der Waals surface area (Å²) in [5, 5.41) is 11.6. The fourth-order valence-electron chi connectivity index (χ4n) is 2.13. The second kappa shape index (κ2) is 8.48. The minimum absolute atomic E-state index is 0.0402. The number of nitrogens with zero attached hydrogens (tertiary/aromatic N) is 4. The summed E-state index contributed by atoms with van der Waals surface area (Å²) in [6.07, 6.45) is 0.168. The number of benzene rings is 1. The van der Waals surface area contributed by atoms with Crippen LogP contribution in [-0.2, 0) is 9.53 Å². The number of thioether (sulfide) groups is 1. The van der Waals surface area contributed by atoms with E-state index in [-0.39, 0.29) is 28.4 Å². The van der Waals surface area contributed by atoms with Gasteiger partial charge in [-0.15, -0.1) is 0 Å². The van der Waals surface area contributed by atoms with Crippen molar-refractivity contribution in [3.8, 4) is 17.2 Å². The van der Waals surface area contributed by atoms with Gasteiger partial charge >= 0.3 is 11.7 Å². The first-order chi connectivity index (χ1) is 13.0. The molecule has 27 heavy (non-hydrogen) atoms. The van der Waals surface area contributed by atoms with Gasteiger partial charge in [-0.25, -0.2) is 18.4 Å². The Hall–Kier alpha value is -2.47. The van der Waals surface area contributed by atoms with Crippen molar-refractivity contribution < 1.29 is 23.1 Å². The smallest absolute Gasteiger partial charge is 0.446 e. The first-order valence-corrected chi connectivity index (χ1v) is 9.44. The first-order valence-electron chi connectivity index (χ1n) is 7.66. The fourth-order valence-corrected chi connectivity index (χ4v) is 3.31. The number of hydrogen-bond donors (Lipinski definition) is 0. The normalized spacial score (nSPS) is 10.9. The van der Waals surface area contributed by atoms with Gasteiger partial charge in [0, 0.05) is 5.75 Å². The van der Waals surface area contributed by atoms with E-state index in [1.165, 1.54) is 30.0 Å². The van der Waals surface area contributed by atoms with Crippen molar-refractivity contribution in [2.45, 2.75) is 18.4 Å². The SMILES string of the molecule is CCOC(=O)CCSc1nonc1-c1noc(=O)n1-c1ccc(F)c(Br)c1. The van der Waals surface area contributed by atoms with Gasteiger partial charge in [0.1, 0.15) is 5.82 Å². The van der Waals surface area contributed by atoms with E-state index < -0.39 is 11.6 Å². The van der Waals surface area contributed by atoms with Crippen molar-refractivity contribution >= 4 is 33.7 Å². The number of carbonyl (C=O) groups is 1. The summed E-state index contributed by atoms with van der Waals surface area (Å²) in [4.78, 5) is 23.5. The minimum atomic E-state index is -0.783. The van der Waals surface area contributed by atoms with Crippen LogP contribution in [0.5, 0.6) is 0 Å². The topological polar surface area (TPSA) is 113 Å². The number of aromatic nitrogens is 4. The molecule has 0 spiro atoms. The highest BCUT2D eigenvalue weighted by atomic mass is 79.9. The van der Waals surface area contributed by atoms with Crippen LogP contribution in [0.4, 0.5) is 4.39 Å². The summed E-state index contributed by atoms with van der Waals surface area (Å²) in [5.41, 5.74) is 0.477. The minimum Gasteiger partial charge on any atom is -0.466 e. The number of halogens is 2. The Bertz CT molecular complexity index is 1020. The van der Waals surface area contributed by atoms with Gasteiger partial charge in [0.2, 0.25) is 5.82 Å². The van der Waals surface area contributed by atoms with Gasteiger partial charge in [0.15, 0.2) is 10.7 Å². The van der Waals surface area contributed by atoms with E-state index in [0.29, 0.717) is 23.1 Å². The Morgan fingerprint density at radius 1 is 1.37 bits per heavy atom. The van der Waals surface area contributed by atoms with Crippen LogP contribution in [0.3, 0.4) is 0 Å². The quantitative estimate of drug-likeness (QED) is 0.389. The number of rotatable bonds is 7. The van der Waals surface area contributed by atoms with Crippen molar-refractivity contribution in [1.29, 1.82) is 0 Å². The summed E-state index contributed by atoms with van der Waals surface area (Å²) in [6, 6.07) is 3.99. The third-order valence-corrected chi connectivity index (χ3v) is 4.84. The molecular formula is C15H12BrFN4O5S. The maximum Gasteiger partial charge on any atom is 0.446 e. The van der Waals surface area contributed by atoms with E-state index in [4.69, 9.17) is 13.9 Å². The van der Waals surface area contributed by atoms with Crippen LogP contribution in [0.1, 0.15) is 13.3 Å². The first kappa shape index (κ1) is 19.3. The molecule has 142 valence electrons. The molecule has 0 saturated carbocycles. The van der Waals surface area contributed by atoms with Crippen LogP contribution in [-0.4, -0.2) is 38.4 Å². The summed E-state index contributed by atoms with van der Waals surface area (Å²) < 4.78 is 29.1. The summed E-state index contributed by atoms with van der Waals surface area (Å²) >= 11 is 4.26. The van der Waals surface area contributed by atoms with E-state index >= 15 is 0 Å². The zero-order valence-electron chi connectivity index (χ0n) is 13.8. The number of ether oxygens (including phenoxy) is 1. The monoisotopic (exact) mass is 458 g/mol. The Balaban J connectivity index is 1.88. The van der Waals surface area contributed by atoms with Gasteiger partial charge in [-0.05, 0) is 51.4 Å². The zero-order valence-corrected chi connectivity index (χ0v) is 16.3. The highest BCUT2D eigenvalue weighted by Gasteiger charge is 2.23. The van der Waals surface area contributed by atoms with E-state index in [0.717, 1.165) is 4.57 Å². The van der Waals surface area contributed by atoms with Crippen LogP contribution in [0.15, 0.2) is 41.6 Å². The van der Waals surface area contributed by atoms with Gasteiger partial charge in [-0.2, -0.15) is 0 Å². The number of carbonyl (C=O) groups excluding carboxylic acids is 1. The van der Waals surface area contributed by atoms with Crippen LogP contribution in [0.25, 0.3) is 17.2 Å². The molecule has 3 rings (SSSR count). The van der Waals surface area contributed by atoms with Crippen LogP contribution in [0, 0.1) is 5.82 Å². The number of esters is 1. The third-order valence-electron chi connectivity index (χ3n) is 3.29. The van der Waals surface area contributed by atoms with E-state index in [2.05, 4.69) is 31.4 Å². The molecule has 12 heteroatoms. The third kappa shape index (κ3) is 4.27. The lowest BCUT2D eigenvalue weighted by Gasteiger charge is -2.04. The molecule has 0 aliphatic carbocycles. The van der Waals surface area contributed by atoms with Gasteiger partial charge in [0.25, 0.3) is 0 Å². The van der Waals surface area contributed by atoms with Gasteiger partial charge < -0.3 is 4.74 Å². The van der Waals surface area contributed by atoms with Crippen LogP contribution in [0.2, 0.25) is 0 Å². The highest BCUT2D eigenvalue weighted by molar-refractivity contribution is 9.10. The second-order valence-corrected chi connectivity index (χ2v) is 6.97. The van der Waals surface area contributed by atoms with E-state index in [1.54, 1.807) is 6.92 Å². The molecule has 0 fully saturated rings. The maximum absolute atomic E-state index is 13.5. The molecule has 0 N–H and O–H groups in total. The van der Waals surface area contributed by atoms with Gasteiger partial charge in [0.05, 0.1) is 23.2 Å². The van der Waals surface area contributed by atoms with Crippen LogP contribution >= 0.6 is 27.7 Å². The predicted molar refractivity (Wildman–Crippen MR) is 95.0 cm³/mol. The zero-order chi connectivity index (χ0) is 19.4. The van der Waals surface area contributed by atoms with E-state index in [9.17, 15) is 14.0 Å². The lowest BCUT2D eigenvalue weighted by Crippen LogP contribution is -2.13. The fraction of sp³-hybridized carbons (Fsp3) is 0.267. The molecule has 0 amide bonds. The molecule has 2 heterocycles. The molecule has 9 nitrogen and oxygen atoms in total. The summed E-state index contributed by atoms with van der Waals surface area (Å²) in [5.74, 6) is -1.20. The molecule has 0 aliphatic rings. The standard InChI is InChI=1S/C15H12BrFN4O5S/c1-2-24-11(22)5-6-27-14-12(18-26-20-14)13-19-25-15(23)21(13)8-3-4-10(17)9(16)7-8/h3-4,7H,2,5-6H2,1H3. The number of hydrogen-bond acceptors (Lipinski definition) is 9. The Labute approximate surface area is 163 Å². The second-order valence-electron chi connectivity index (χ2n) is 5.03. The molecule has 0 bridgehead atoms. The Kier molecular flexibility index (Phi) is 6.06. The molecule has 3 aromatic rings. The Morgan fingerprint density at radius 2 is 2.19 bits per heavy atom. The largest absolute Gasteiger partial charge is 0.466 e. The molecule has 0 aliphatic heterocycles. The van der Waals surface area contributed by atoms with Crippen LogP contribution < -0.4 is 5.76 Å². The Morgan fingerprint density at radius 3 is 2.93 bits per heavy atom. The lowest BCUT2D eigenvalue weighted by atomic mass is 10.3. The molecule has 1 aromatic carbocycles. The van der Waals surface area contributed by atoms with Crippen molar-refractivity contribution in [3.05, 3.63) is 39.0 Å². The molecular weight excluding hydrogens is 447 g/mol. The van der Waals surface area contributed by atoms with Crippen molar-refractivity contribution in [2.75, 3.05) is 12.4 Å². The summed E-state index contributed by atoms with van der Waals surface area (Å²) in [7, 11) is 0. The van der Waals surface area contributed by atoms with Gasteiger partial charge in [-0.1, -0.05) is 16.9 Å². The lowest BCUT2D eigenvalue weighted by molar-refractivity contribution is -0.142.